The lowest BCUT2D eigenvalue weighted by molar-refractivity contribution is 0.105. The van der Waals surface area contributed by atoms with E-state index in [0.717, 1.165) is 27.8 Å². The van der Waals surface area contributed by atoms with Crippen LogP contribution in [0.25, 0.3) is 0 Å². The van der Waals surface area contributed by atoms with E-state index in [1.54, 1.807) is 11.3 Å². The Balaban J connectivity index is 1.81. The van der Waals surface area contributed by atoms with Gasteiger partial charge in [-0.15, -0.1) is 11.3 Å². The molecule has 3 nitrogen and oxygen atoms in total. The van der Waals surface area contributed by atoms with Crippen LogP contribution in [0.2, 0.25) is 5.02 Å². The molecular formula is C13H15ClN2OS. The fourth-order valence-corrected chi connectivity index (χ4v) is 2.55. The molecule has 1 aromatic heterocycles. The van der Waals surface area contributed by atoms with Crippen LogP contribution in [0.15, 0.2) is 29.6 Å². The standard InChI is InChI=1S/C13H15ClN2OS/c1-15-6-13-16-12(9-18-13)8-17-7-10-3-2-4-11(14)5-10/h2-5,9,15H,6-8H2,1H3. The fraction of sp³-hybridized carbons (Fsp3) is 0.308. The summed E-state index contributed by atoms with van der Waals surface area (Å²) >= 11 is 7.55. The van der Waals surface area contributed by atoms with E-state index >= 15 is 0 Å². The van der Waals surface area contributed by atoms with Gasteiger partial charge in [-0.25, -0.2) is 4.98 Å². The molecule has 18 heavy (non-hydrogen) atoms. The summed E-state index contributed by atoms with van der Waals surface area (Å²) in [6, 6.07) is 7.69. The molecule has 5 heteroatoms. The zero-order valence-electron chi connectivity index (χ0n) is 10.1. The summed E-state index contributed by atoms with van der Waals surface area (Å²) in [5.74, 6) is 0. The van der Waals surface area contributed by atoms with E-state index in [2.05, 4.69) is 10.3 Å². The number of aromatic nitrogens is 1. The summed E-state index contributed by atoms with van der Waals surface area (Å²) in [7, 11) is 1.91. The number of nitrogens with one attached hydrogen (secondary N) is 1. The van der Waals surface area contributed by atoms with Crippen molar-refractivity contribution < 1.29 is 4.74 Å². The van der Waals surface area contributed by atoms with Gasteiger partial charge < -0.3 is 10.1 Å². The van der Waals surface area contributed by atoms with E-state index in [4.69, 9.17) is 16.3 Å². The molecule has 2 rings (SSSR count). The second-order valence-corrected chi connectivity index (χ2v) is 5.26. The first kappa shape index (κ1) is 13.5. The molecule has 0 unspecified atom stereocenters. The van der Waals surface area contributed by atoms with Crippen molar-refractivity contribution >= 4 is 22.9 Å². The van der Waals surface area contributed by atoms with Crippen LogP contribution in [-0.4, -0.2) is 12.0 Å². The average Bonchev–Trinajstić information content (AvgIpc) is 2.78. The summed E-state index contributed by atoms with van der Waals surface area (Å²) in [5.41, 5.74) is 2.06. The summed E-state index contributed by atoms with van der Waals surface area (Å²) < 4.78 is 5.62. The molecule has 0 amide bonds. The van der Waals surface area contributed by atoms with Crippen LogP contribution in [-0.2, 0) is 24.5 Å². The minimum Gasteiger partial charge on any atom is -0.370 e. The maximum Gasteiger partial charge on any atom is 0.107 e. The first-order chi connectivity index (χ1) is 8.78. The molecule has 96 valence electrons. The third-order valence-corrected chi connectivity index (χ3v) is 3.47. The predicted molar refractivity (Wildman–Crippen MR) is 74.8 cm³/mol. The second-order valence-electron chi connectivity index (χ2n) is 3.89. The Morgan fingerprint density at radius 3 is 3.06 bits per heavy atom. The molecule has 0 saturated heterocycles. The number of benzene rings is 1. The Morgan fingerprint density at radius 1 is 1.39 bits per heavy atom. The van der Waals surface area contributed by atoms with Crippen molar-refractivity contribution in [1.82, 2.24) is 10.3 Å². The molecule has 1 aromatic carbocycles. The number of thiazole rings is 1. The van der Waals surface area contributed by atoms with Gasteiger partial charge in [-0.2, -0.15) is 0 Å². The van der Waals surface area contributed by atoms with Crippen LogP contribution in [0.3, 0.4) is 0 Å². The van der Waals surface area contributed by atoms with E-state index in [1.807, 2.05) is 36.7 Å². The van der Waals surface area contributed by atoms with Gasteiger partial charge in [-0.3, -0.25) is 0 Å². The highest BCUT2D eigenvalue weighted by atomic mass is 35.5. The normalized spacial score (nSPS) is 10.8. The maximum atomic E-state index is 5.91. The first-order valence-electron chi connectivity index (χ1n) is 5.68. The van der Waals surface area contributed by atoms with Gasteiger partial charge in [0, 0.05) is 16.9 Å². The number of rotatable bonds is 6. The number of ether oxygens (including phenoxy) is 1. The van der Waals surface area contributed by atoms with Crippen LogP contribution in [0.1, 0.15) is 16.3 Å². The van der Waals surface area contributed by atoms with Crippen LogP contribution in [0.5, 0.6) is 0 Å². The Kier molecular flexibility index (Phi) is 5.13. The Labute approximate surface area is 116 Å². The summed E-state index contributed by atoms with van der Waals surface area (Å²) in [6.07, 6.45) is 0. The molecule has 0 bridgehead atoms. The van der Waals surface area contributed by atoms with Gasteiger partial charge in [0.1, 0.15) is 5.01 Å². The van der Waals surface area contributed by atoms with Crippen LogP contribution in [0, 0.1) is 0 Å². The van der Waals surface area contributed by atoms with Crippen molar-refractivity contribution in [2.75, 3.05) is 7.05 Å². The predicted octanol–water partition coefficient (Wildman–Crippen LogP) is 3.23. The van der Waals surface area contributed by atoms with Crippen LogP contribution >= 0.6 is 22.9 Å². The van der Waals surface area contributed by atoms with E-state index < -0.39 is 0 Å². The Morgan fingerprint density at radius 2 is 2.28 bits per heavy atom. The van der Waals surface area contributed by atoms with Crippen molar-refractivity contribution in [2.45, 2.75) is 19.8 Å². The molecule has 0 aliphatic rings. The third-order valence-electron chi connectivity index (χ3n) is 2.34. The largest absolute Gasteiger partial charge is 0.370 e. The van der Waals surface area contributed by atoms with E-state index in [9.17, 15) is 0 Å². The molecule has 0 aliphatic heterocycles. The molecule has 0 atom stereocenters. The van der Waals surface area contributed by atoms with E-state index in [1.165, 1.54) is 0 Å². The third kappa shape index (κ3) is 4.07. The SMILES string of the molecule is CNCc1nc(COCc2cccc(Cl)c2)cs1. The minimum absolute atomic E-state index is 0.534. The van der Waals surface area contributed by atoms with Gasteiger partial charge in [0.25, 0.3) is 0 Å². The molecule has 0 spiro atoms. The molecule has 1 N–H and O–H groups in total. The monoisotopic (exact) mass is 282 g/mol. The van der Waals surface area contributed by atoms with Crippen molar-refractivity contribution in [3.8, 4) is 0 Å². The quantitative estimate of drug-likeness (QED) is 0.883. The smallest absolute Gasteiger partial charge is 0.107 e. The van der Waals surface area contributed by atoms with Crippen molar-refractivity contribution in [3.63, 3.8) is 0 Å². The summed E-state index contributed by atoms with van der Waals surface area (Å²) in [6.45, 7) is 1.89. The zero-order valence-corrected chi connectivity index (χ0v) is 11.7. The van der Waals surface area contributed by atoms with E-state index in [0.29, 0.717) is 13.2 Å². The second kappa shape index (κ2) is 6.85. The van der Waals surface area contributed by atoms with E-state index in [-0.39, 0.29) is 0 Å². The summed E-state index contributed by atoms with van der Waals surface area (Å²) in [5, 5.41) is 6.93. The highest BCUT2D eigenvalue weighted by Gasteiger charge is 2.01. The minimum atomic E-state index is 0.534. The van der Waals surface area contributed by atoms with Crippen molar-refractivity contribution in [2.24, 2.45) is 0 Å². The average molecular weight is 283 g/mol. The lowest BCUT2D eigenvalue weighted by Gasteiger charge is -2.02. The highest BCUT2D eigenvalue weighted by molar-refractivity contribution is 7.09. The van der Waals surface area contributed by atoms with Crippen molar-refractivity contribution in [1.29, 1.82) is 0 Å². The number of halogens is 1. The fourth-order valence-electron chi connectivity index (χ4n) is 1.55. The molecule has 2 aromatic rings. The van der Waals surface area contributed by atoms with Gasteiger partial charge in [0.05, 0.1) is 18.9 Å². The van der Waals surface area contributed by atoms with Gasteiger partial charge in [0.2, 0.25) is 0 Å². The maximum absolute atomic E-state index is 5.91. The van der Waals surface area contributed by atoms with Gasteiger partial charge in [0.15, 0.2) is 0 Å². The molecule has 0 fully saturated rings. The molecular weight excluding hydrogens is 268 g/mol. The number of hydrogen-bond donors (Lipinski definition) is 1. The van der Waals surface area contributed by atoms with Crippen LogP contribution in [0.4, 0.5) is 0 Å². The van der Waals surface area contributed by atoms with Gasteiger partial charge >= 0.3 is 0 Å². The summed E-state index contributed by atoms with van der Waals surface area (Å²) in [4.78, 5) is 4.45. The lowest BCUT2D eigenvalue weighted by Crippen LogP contribution is -2.04. The number of hydrogen-bond acceptors (Lipinski definition) is 4. The van der Waals surface area contributed by atoms with Gasteiger partial charge in [-0.05, 0) is 24.7 Å². The lowest BCUT2D eigenvalue weighted by atomic mass is 10.2. The molecule has 1 heterocycles. The Hall–Kier alpha value is -0.940. The highest BCUT2D eigenvalue weighted by Crippen LogP contribution is 2.14. The molecule has 0 saturated carbocycles. The zero-order chi connectivity index (χ0) is 12.8. The molecule has 0 radical (unpaired) electrons. The number of nitrogens with zero attached hydrogens (tertiary/aromatic N) is 1. The van der Waals surface area contributed by atoms with Crippen molar-refractivity contribution in [3.05, 3.63) is 50.9 Å². The topological polar surface area (TPSA) is 34.2 Å². The molecule has 0 aliphatic carbocycles. The first-order valence-corrected chi connectivity index (χ1v) is 6.94. The van der Waals surface area contributed by atoms with Crippen LogP contribution < -0.4 is 5.32 Å². The Bertz CT molecular complexity index is 501. The van der Waals surface area contributed by atoms with Gasteiger partial charge in [-0.1, -0.05) is 23.7 Å².